The van der Waals surface area contributed by atoms with Crippen LogP contribution in [0, 0.1) is 5.92 Å². The first-order valence-electron chi connectivity index (χ1n) is 3.44. The van der Waals surface area contributed by atoms with E-state index in [2.05, 4.69) is 0 Å². The summed E-state index contributed by atoms with van der Waals surface area (Å²) in [6.45, 7) is 0. The van der Waals surface area contributed by atoms with Gasteiger partial charge in [-0.15, -0.1) is 0 Å². The van der Waals surface area contributed by atoms with E-state index in [4.69, 9.17) is 5.11 Å². The number of aliphatic carboxylic acids is 1. The van der Waals surface area contributed by atoms with Gasteiger partial charge in [0.25, 0.3) is 0 Å². The Morgan fingerprint density at radius 3 is 2.80 bits per heavy atom. The predicted molar refractivity (Wildman–Crippen MR) is 34.6 cm³/mol. The molecule has 0 aromatic carbocycles. The predicted octanol–water partition coefficient (Wildman–Crippen LogP) is 0.830. The monoisotopic (exact) mass is 142 g/mol. The Morgan fingerprint density at radius 2 is 2.40 bits per heavy atom. The van der Waals surface area contributed by atoms with Crippen LogP contribution in [0.15, 0.2) is 0 Å². The van der Waals surface area contributed by atoms with E-state index in [1.165, 1.54) is 0 Å². The Kier molecular flexibility index (Phi) is 2.04. The lowest BCUT2D eigenvalue weighted by molar-refractivity contribution is -0.140. The van der Waals surface area contributed by atoms with Gasteiger partial charge in [-0.1, -0.05) is 0 Å². The second-order valence-electron chi connectivity index (χ2n) is 2.65. The van der Waals surface area contributed by atoms with E-state index in [9.17, 15) is 9.59 Å². The minimum atomic E-state index is -0.861. The highest BCUT2D eigenvalue weighted by Gasteiger charge is 2.25. The minimum Gasteiger partial charge on any atom is -0.481 e. The summed E-state index contributed by atoms with van der Waals surface area (Å²) >= 11 is 0. The van der Waals surface area contributed by atoms with Crippen molar-refractivity contribution in [2.24, 2.45) is 5.92 Å². The molecule has 1 N–H and O–H groups in total. The summed E-state index contributed by atoms with van der Waals surface area (Å²) in [7, 11) is 0. The lowest BCUT2D eigenvalue weighted by Crippen LogP contribution is -2.11. The molecule has 1 fully saturated rings. The number of Topliss-reactive ketones (excluding diaryl/α,β-unsaturated/α-hetero) is 1. The van der Waals surface area contributed by atoms with E-state index in [-0.39, 0.29) is 18.1 Å². The van der Waals surface area contributed by atoms with Crippen LogP contribution in [0.25, 0.3) is 0 Å². The first-order valence-corrected chi connectivity index (χ1v) is 3.44. The summed E-state index contributed by atoms with van der Waals surface area (Å²) in [5, 5.41) is 8.34. The summed E-state index contributed by atoms with van der Waals surface area (Å²) in [4.78, 5) is 21.0. The molecule has 56 valence electrons. The topological polar surface area (TPSA) is 54.4 Å². The van der Waals surface area contributed by atoms with Crippen molar-refractivity contribution >= 4 is 11.8 Å². The van der Waals surface area contributed by atoms with Gasteiger partial charge in [-0.05, 0) is 12.8 Å². The Hall–Kier alpha value is -0.860. The molecule has 1 atom stereocenters. The van der Waals surface area contributed by atoms with Gasteiger partial charge in [0.2, 0.25) is 0 Å². The third-order valence-electron chi connectivity index (χ3n) is 1.85. The van der Waals surface area contributed by atoms with Crippen LogP contribution in [0.5, 0.6) is 0 Å². The second kappa shape index (κ2) is 2.82. The molecule has 0 aromatic rings. The number of hydrogen-bond acceptors (Lipinski definition) is 2. The molecule has 0 aliphatic heterocycles. The van der Waals surface area contributed by atoms with Crippen LogP contribution < -0.4 is 0 Å². The van der Waals surface area contributed by atoms with Gasteiger partial charge in [0.15, 0.2) is 0 Å². The first kappa shape index (κ1) is 7.25. The molecule has 1 rings (SSSR count). The molecule has 0 spiro atoms. The molecule has 10 heavy (non-hydrogen) atoms. The van der Waals surface area contributed by atoms with Crippen molar-refractivity contribution in [3.63, 3.8) is 0 Å². The van der Waals surface area contributed by atoms with Crippen LogP contribution in [-0.4, -0.2) is 16.9 Å². The fourth-order valence-electron chi connectivity index (χ4n) is 1.31. The molecule has 0 bridgehead atoms. The van der Waals surface area contributed by atoms with Crippen LogP contribution in [0.2, 0.25) is 0 Å². The van der Waals surface area contributed by atoms with E-state index in [1.807, 2.05) is 0 Å². The Morgan fingerprint density at radius 1 is 1.70 bits per heavy atom. The molecule has 3 heteroatoms. The lowest BCUT2D eigenvalue weighted by atomic mass is 10.0. The van der Waals surface area contributed by atoms with Crippen molar-refractivity contribution in [2.75, 3.05) is 0 Å². The molecule has 3 nitrogen and oxygen atoms in total. The average molecular weight is 142 g/mol. The van der Waals surface area contributed by atoms with Gasteiger partial charge in [0.1, 0.15) is 5.78 Å². The van der Waals surface area contributed by atoms with Crippen molar-refractivity contribution < 1.29 is 14.7 Å². The molecular formula is C7H10O3. The zero-order valence-corrected chi connectivity index (χ0v) is 5.67. The summed E-state index contributed by atoms with van der Waals surface area (Å²) in [6, 6.07) is 0. The molecule has 0 amide bonds. The summed E-state index contributed by atoms with van der Waals surface area (Å²) in [5.74, 6) is -0.917. The highest BCUT2D eigenvalue weighted by Crippen LogP contribution is 2.23. The molecule has 0 unspecified atom stereocenters. The Balaban J connectivity index is 2.40. The fraction of sp³-hybridized carbons (Fsp3) is 0.714. The average Bonchev–Trinajstić information content (AvgIpc) is 2.15. The van der Waals surface area contributed by atoms with Crippen molar-refractivity contribution in [1.29, 1.82) is 0 Å². The molecule has 0 aromatic heterocycles. The van der Waals surface area contributed by atoms with Crippen molar-refractivity contribution in [3.05, 3.63) is 0 Å². The highest BCUT2D eigenvalue weighted by molar-refractivity contribution is 5.86. The number of carboxylic acid groups (broad SMARTS) is 1. The van der Waals surface area contributed by atoms with Crippen LogP contribution in [0.4, 0.5) is 0 Å². The maximum Gasteiger partial charge on any atom is 0.304 e. The van der Waals surface area contributed by atoms with Crippen LogP contribution in [-0.2, 0) is 9.59 Å². The maximum atomic E-state index is 10.8. The first-order chi connectivity index (χ1) is 4.70. The SMILES string of the molecule is O=C(O)C[C@@H]1CCCC1=O. The minimum absolute atomic E-state index is 0.0266. The summed E-state index contributed by atoms with van der Waals surface area (Å²) in [6.07, 6.45) is 2.25. The molecule has 1 aliphatic carbocycles. The van der Waals surface area contributed by atoms with Gasteiger partial charge in [-0.25, -0.2) is 0 Å². The number of carbonyl (C=O) groups is 2. The zero-order chi connectivity index (χ0) is 7.56. The number of rotatable bonds is 2. The van der Waals surface area contributed by atoms with Gasteiger partial charge in [-0.3, -0.25) is 9.59 Å². The number of hydrogen-bond donors (Lipinski definition) is 1. The van der Waals surface area contributed by atoms with Gasteiger partial charge in [-0.2, -0.15) is 0 Å². The number of ketones is 1. The molecular weight excluding hydrogens is 132 g/mol. The van der Waals surface area contributed by atoms with Gasteiger partial charge in [0.05, 0.1) is 6.42 Å². The van der Waals surface area contributed by atoms with Crippen LogP contribution >= 0.6 is 0 Å². The maximum absolute atomic E-state index is 10.8. The number of carbonyl (C=O) groups excluding carboxylic acids is 1. The molecule has 1 saturated carbocycles. The number of carboxylic acids is 1. The van der Waals surface area contributed by atoms with Crippen LogP contribution in [0.1, 0.15) is 25.7 Å². The van der Waals surface area contributed by atoms with Gasteiger partial charge < -0.3 is 5.11 Å². The Labute approximate surface area is 59.0 Å². The van der Waals surface area contributed by atoms with E-state index >= 15 is 0 Å². The summed E-state index contributed by atoms with van der Waals surface area (Å²) < 4.78 is 0. The Bertz CT molecular complexity index is 162. The van der Waals surface area contributed by atoms with E-state index in [0.717, 1.165) is 12.8 Å². The van der Waals surface area contributed by atoms with Crippen molar-refractivity contribution in [3.8, 4) is 0 Å². The van der Waals surface area contributed by atoms with E-state index in [1.54, 1.807) is 0 Å². The second-order valence-corrected chi connectivity index (χ2v) is 2.65. The zero-order valence-electron chi connectivity index (χ0n) is 5.67. The van der Waals surface area contributed by atoms with E-state index < -0.39 is 5.97 Å². The fourth-order valence-corrected chi connectivity index (χ4v) is 1.31. The highest BCUT2D eigenvalue weighted by atomic mass is 16.4. The van der Waals surface area contributed by atoms with Crippen molar-refractivity contribution in [1.82, 2.24) is 0 Å². The third kappa shape index (κ3) is 1.56. The molecule has 0 heterocycles. The molecule has 0 radical (unpaired) electrons. The summed E-state index contributed by atoms with van der Waals surface area (Å²) in [5.41, 5.74) is 0. The van der Waals surface area contributed by atoms with Gasteiger partial charge in [0, 0.05) is 12.3 Å². The molecule has 0 saturated heterocycles. The normalized spacial score (nSPS) is 25.2. The third-order valence-corrected chi connectivity index (χ3v) is 1.85. The van der Waals surface area contributed by atoms with Crippen molar-refractivity contribution in [2.45, 2.75) is 25.7 Å². The smallest absolute Gasteiger partial charge is 0.304 e. The lowest BCUT2D eigenvalue weighted by Gasteiger charge is -2.00. The quantitative estimate of drug-likeness (QED) is 0.621. The van der Waals surface area contributed by atoms with Gasteiger partial charge >= 0.3 is 5.97 Å². The largest absolute Gasteiger partial charge is 0.481 e. The molecule has 1 aliphatic rings. The standard InChI is InChI=1S/C7H10O3/c8-6-3-1-2-5(6)4-7(9)10/h5H,1-4H2,(H,9,10)/t5-/m0/s1. The van der Waals surface area contributed by atoms with E-state index in [0.29, 0.717) is 6.42 Å². The van der Waals surface area contributed by atoms with Crippen LogP contribution in [0.3, 0.4) is 0 Å².